The Balaban J connectivity index is 2.67. The molecule has 1 heterocycles. The number of hydrogen-bond acceptors (Lipinski definition) is 2. The van der Waals surface area contributed by atoms with Crippen molar-refractivity contribution in [3.63, 3.8) is 0 Å². The third-order valence-electron chi connectivity index (χ3n) is 2.91. The number of alkyl halides is 1. The summed E-state index contributed by atoms with van der Waals surface area (Å²) < 4.78 is 24.7. The van der Waals surface area contributed by atoms with Crippen molar-refractivity contribution in [3.8, 4) is 0 Å². The average molecular weight is 284 g/mol. The fourth-order valence-corrected chi connectivity index (χ4v) is 3.55. The molecule has 0 amide bonds. The zero-order chi connectivity index (χ0) is 11.0. The first kappa shape index (κ1) is 12.5. The molecule has 1 aliphatic rings. The molecule has 1 saturated heterocycles. The van der Waals surface area contributed by atoms with Crippen molar-refractivity contribution in [1.29, 1.82) is 0 Å². The van der Waals surface area contributed by atoms with E-state index in [-0.39, 0.29) is 10.1 Å². The van der Waals surface area contributed by atoms with Gasteiger partial charge in [0.1, 0.15) is 4.66 Å². The van der Waals surface area contributed by atoms with Crippen LogP contribution < -0.4 is 0 Å². The van der Waals surface area contributed by atoms with Gasteiger partial charge in [-0.2, -0.15) is 0 Å². The third-order valence-corrected chi connectivity index (χ3v) is 6.04. The summed E-state index contributed by atoms with van der Waals surface area (Å²) in [7, 11) is -3.04. The monoisotopic (exact) mass is 283 g/mol. The number of hydrogen-bond donors (Lipinski definition) is 0. The first-order chi connectivity index (χ1) is 6.27. The van der Waals surface area contributed by atoms with Crippen molar-refractivity contribution in [2.24, 2.45) is 11.3 Å². The van der Waals surface area contributed by atoms with E-state index >= 15 is 0 Å². The Morgan fingerprint density at radius 1 is 1.43 bits per heavy atom. The molecular weight excluding hydrogens is 266 g/mol. The van der Waals surface area contributed by atoms with E-state index in [0.717, 1.165) is 6.42 Å². The van der Waals surface area contributed by atoms with Crippen molar-refractivity contribution in [2.45, 2.75) is 27.2 Å². The Bertz CT molecular complexity index is 294. The van der Waals surface area contributed by atoms with Gasteiger partial charge in [0.05, 0.1) is 0 Å². The van der Waals surface area contributed by atoms with Gasteiger partial charge in [-0.05, 0) is 17.8 Å². The molecular formula is C9H18BrNO2S. The molecule has 0 aromatic rings. The molecule has 0 N–H and O–H groups in total. The minimum absolute atomic E-state index is 0.0386. The van der Waals surface area contributed by atoms with Gasteiger partial charge in [0, 0.05) is 13.1 Å². The predicted molar refractivity (Wildman–Crippen MR) is 61.8 cm³/mol. The van der Waals surface area contributed by atoms with Crippen LogP contribution in [0.15, 0.2) is 0 Å². The van der Waals surface area contributed by atoms with Crippen molar-refractivity contribution in [3.05, 3.63) is 0 Å². The van der Waals surface area contributed by atoms with Crippen LogP contribution in [-0.2, 0) is 10.0 Å². The van der Waals surface area contributed by atoms with Crippen LogP contribution in [0, 0.1) is 11.3 Å². The van der Waals surface area contributed by atoms with E-state index in [2.05, 4.69) is 36.7 Å². The van der Waals surface area contributed by atoms with E-state index in [1.54, 1.807) is 4.31 Å². The van der Waals surface area contributed by atoms with Crippen LogP contribution in [0.5, 0.6) is 0 Å². The lowest BCUT2D eigenvalue weighted by Gasteiger charge is -2.26. The van der Waals surface area contributed by atoms with Crippen LogP contribution in [0.4, 0.5) is 0 Å². The summed E-state index contributed by atoms with van der Waals surface area (Å²) in [5, 5.41) is 0. The van der Waals surface area contributed by atoms with Crippen LogP contribution in [-0.4, -0.2) is 30.5 Å². The molecule has 84 valence electrons. The van der Waals surface area contributed by atoms with Gasteiger partial charge in [-0.3, -0.25) is 0 Å². The molecule has 1 atom stereocenters. The molecule has 3 nitrogen and oxygen atoms in total. The molecule has 0 aliphatic carbocycles. The molecule has 1 fully saturated rings. The Morgan fingerprint density at radius 2 is 2.00 bits per heavy atom. The quantitative estimate of drug-likeness (QED) is 0.728. The maximum Gasteiger partial charge on any atom is 0.224 e. The minimum Gasteiger partial charge on any atom is -0.211 e. The van der Waals surface area contributed by atoms with E-state index in [9.17, 15) is 8.42 Å². The van der Waals surface area contributed by atoms with Gasteiger partial charge in [0.25, 0.3) is 0 Å². The topological polar surface area (TPSA) is 37.4 Å². The normalized spacial score (nSPS) is 25.6. The van der Waals surface area contributed by atoms with E-state index < -0.39 is 10.0 Å². The molecule has 1 aliphatic heterocycles. The summed E-state index contributed by atoms with van der Waals surface area (Å²) in [5.41, 5.74) is 0.205. The van der Waals surface area contributed by atoms with Crippen LogP contribution in [0.1, 0.15) is 27.2 Å². The molecule has 1 rings (SSSR count). The third kappa shape index (κ3) is 2.70. The van der Waals surface area contributed by atoms with Gasteiger partial charge in [-0.25, -0.2) is 12.7 Å². The van der Waals surface area contributed by atoms with Crippen LogP contribution in [0.25, 0.3) is 0 Å². The van der Waals surface area contributed by atoms with Gasteiger partial charge >= 0.3 is 0 Å². The predicted octanol–water partition coefficient (Wildman–Crippen LogP) is 2.04. The highest BCUT2D eigenvalue weighted by Gasteiger charge is 2.36. The Hall–Kier alpha value is 0.390. The largest absolute Gasteiger partial charge is 0.224 e. The molecule has 1 unspecified atom stereocenters. The second-order valence-electron chi connectivity index (χ2n) is 4.93. The van der Waals surface area contributed by atoms with Crippen molar-refractivity contribution < 1.29 is 8.42 Å². The highest BCUT2D eigenvalue weighted by Crippen LogP contribution is 2.34. The van der Waals surface area contributed by atoms with Crippen LogP contribution in [0.2, 0.25) is 0 Å². The van der Waals surface area contributed by atoms with Gasteiger partial charge in [0.15, 0.2) is 0 Å². The molecule has 0 aromatic carbocycles. The smallest absolute Gasteiger partial charge is 0.211 e. The van der Waals surface area contributed by atoms with Crippen molar-refractivity contribution in [2.75, 3.05) is 17.8 Å². The standard InChI is InChI=1S/C9H18BrNO2S/c1-9(2,3)8-4-5-11(6-8)14(12,13)7-10/h8H,4-7H2,1-3H3. The zero-order valence-corrected chi connectivity index (χ0v) is 11.4. The SMILES string of the molecule is CC(C)(C)C1CCN(S(=O)(=O)CBr)C1. The van der Waals surface area contributed by atoms with E-state index in [4.69, 9.17) is 0 Å². The second-order valence-corrected chi connectivity index (χ2v) is 8.20. The second kappa shape index (κ2) is 4.10. The number of halogens is 1. The van der Waals surface area contributed by atoms with E-state index in [1.807, 2.05) is 0 Å². The fourth-order valence-electron chi connectivity index (χ4n) is 1.76. The summed E-state index contributed by atoms with van der Waals surface area (Å²) in [6.45, 7) is 7.86. The highest BCUT2D eigenvalue weighted by atomic mass is 79.9. The molecule has 0 spiro atoms. The summed E-state index contributed by atoms with van der Waals surface area (Å²) in [5.74, 6) is 0.483. The van der Waals surface area contributed by atoms with Crippen LogP contribution in [0.3, 0.4) is 0 Å². The minimum atomic E-state index is -3.04. The van der Waals surface area contributed by atoms with Gasteiger partial charge in [0.2, 0.25) is 10.0 Å². The first-order valence-electron chi connectivity index (χ1n) is 4.81. The summed E-state index contributed by atoms with van der Waals surface area (Å²) in [4.78, 5) is 0. The number of nitrogens with zero attached hydrogens (tertiary/aromatic N) is 1. The van der Waals surface area contributed by atoms with Gasteiger partial charge in [-0.15, -0.1) is 0 Å². The molecule has 0 bridgehead atoms. The molecule has 0 radical (unpaired) electrons. The van der Waals surface area contributed by atoms with E-state index in [0.29, 0.717) is 19.0 Å². The molecule has 0 saturated carbocycles. The lowest BCUT2D eigenvalue weighted by atomic mass is 9.80. The summed E-state index contributed by atoms with van der Waals surface area (Å²) >= 11 is 3.02. The Labute approximate surface area is 95.0 Å². The summed E-state index contributed by atoms with van der Waals surface area (Å²) in [6.07, 6.45) is 0.982. The maximum atomic E-state index is 11.6. The molecule has 14 heavy (non-hydrogen) atoms. The first-order valence-corrected chi connectivity index (χ1v) is 7.54. The number of rotatable bonds is 2. The zero-order valence-electron chi connectivity index (χ0n) is 8.96. The highest BCUT2D eigenvalue weighted by molar-refractivity contribution is 9.10. The Kier molecular flexibility index (Phi) is 3.65. The van der Waals surface area contributed by atoms with Gasteiger partial charge in [-0.1, -0.05) is 36.7 Å². The number of sulfonamides is 1. The summed E-state index contributed by atoms with van der Waals surface area (Å²) in [6, 6.07) is 0. The average Bonchev–Trinajstić information content (AvgIpc) is 2.51. The molecule has 0 aromatic heterocycles. The van der Waals surface area contributed by atoms with Crippen molar-refractivity contribution >= 4 is 26.0 Å². The Morgan fingerprint density at radius 3 is 2.36 bits per heavy atom. The van der Waals surface area contributed by atoms with Crippen LogP contribution >= 0.6 is 15.9 Å². The molecule has 5 heteroatoms. The fraction of sp³-hybridized carbons (Fsp3) is 1.00. The van der Waals surface area contributed by atoms with Crippen molar-refractivity contribution in [1.82, 2.24) is 4.31 Å². The maximum absolute atomic E-state index is 11.6. The lowest BCUT2D eigenvalue weighted by molar-refractivity contribution is 0.252. The lowest BCUT2D eigenvalue weighted by Crippen LogP contribution is -2.31. The van der Waals surface area contributed by atoms with E-state index in [1.165, 1.54) is 0 Å². The van der Waals surface area contributed by atoms with Gasteiger partial charge < -0.3 is 0 Å².